The lowest BCUT2D eigenvalue weighted by molar-refractivity contribution is -0.894. The maximum Gasteiger partial charge on any atom is 0.316 e. The lowest BCUT2D eigenvalue weighted by Crippen LogP contribution is -2.49. The van der Waals surface area contributed by atoms with Gasteiger partial charge in [-0.25, -0.2) is 0 Å². The second-order valence-electron chi connectivity index (χ2n) is 3.69. The zero-order chi connectivity index (χ0) is 9.97. The van der Waals surface area contributed by atoms with Crippen LogP contribution < -0.4 is 9.63 Å². The molecule has 0 atom stereocenters. The van der Waals surface area contributed by atoms with Crippen molar-refractivity contribution in [3.05, 3.63) is 24.4 Å². The minimum atomic E-state index is 0.876. The molecule has 1 N–H and O–H groups in total. The first-order valence-corrected chi connectivity index (χ1v) is 4.91. The third-order valence-corrected chi connectivity index (χ3v) is 2.65. The van der Waals surface area contributed by atoms with Crippen molar-refractivity contribution in [2.45, 2.75) is 0 Å². The molecule has 0 bridgehead atoms. The Kier molecular flexibility index (Phi) is 2.54. The van der Waals surface area contributed by atoms with Gasteiger partial charge in [0, 0.05) is 19.2 Å². The predicted octanol–water partition coefficient (Wildman–Crippen LogP) is -0.0368. The lowest BCUT2D eigenvalue weighted by Gasteiger charge is -2.27. The van der Waals surface area contributed by atoms with Crippen molar-refractivity contribution in [2.24, 2.45) is 0 Å². The molecule has 2 heterocycles. The average Bonchev–Trinajstić information content (AvgIpc) is 2.20. The molecule has 76 valence electrons. The summed E-state index contributed by atoms with van der Waals surface area (Å²) in [6.07, 6.45) is 1.66. The summed E-state index contributed by atoms with van der Waals surface area (Å²) in [5.41, 5.74) is 0. The van der Waals surface area contributed by atoms with E-state index in [1.165, 1.54) is 4.73 Å². The van der Waals surface area contributed by atoms with E-state index in [4.69, 9.17) is 0 Å². The Morgan fingerprint density at radius 1 is 1.21 bits per heavy atom. The zero-order valence-electron chi connectivity index (χ0n) is 8.43. The first kappa shape index (κ1) is 9.27. The number of rotatable bonds is 1. The molecule has 2 rings (SSSR count). The number of piperazine rings is 1. The van der Waals surface area contributed by atoms with Gasteiger partial charge in [0.2, 0.25) is 0 Å². The van der Waals surface area contributed by atoms with Gasteiger partial charge in [0.05, 0.1) is 13.1 Å². The van der Waals surface area contributed by atoms with Gasteiger partial charge in [-0.15, -0.1) is 0 Å². The summed E-state index contributed by atoms with van der Waals surface area (Å²) < 4.78 is 1.19. The van der Waals surface area contributed by atoms with E-state index in [0.29, 0.717) is 0 Å². The van der Waals surface area contributed by atoms with Crippen LogP contribution >= 0.6 is 0 Å². The van der Waals surface area contributed by atoms with Gasteiger partial charge in [-0.1, -0.05) is 10.8 Å². The number of hydrogen-bond donors (Lipinski definition) is 1. The Hall–Kier alpha value is -1.29. The fourth-order valence-corrected chi connectivity index (χ4v) is 1.71. The van der Waals surface area contributed by atoms with Crippen LogP contribution in [0.5, 0.6) is 0 Å². The summed E-state index contributed by atoms with van der Waals surface area (Å²) in [6, 6.07) is 5.70. The van der Waals surface area contributed by atoms with Crippen LogP contribution in [0.2, 0.25) is 0 Å². The van der Waals surface area contributed by atoms with Gasteiger partial charge >= 0.3 is 5.82 Å². The van der Waals surface area contributed by atoms with Gasteiger partial charge in [0.15, 0.2) is 0 Å². The Balaban J connectivity index is 2.12. The van der Waals surface area contributed by atoms with E-state index in [1.807, 2.05) is 18.2 Å². The Bertz CT molecular complexity index is 308. The molecule has 1 fully saturated rings. The summed E-state index contributed by atoms with van der Waals surface area (Å²) in [4.78, 5) is 4.49. The van der Waals surface area contributed by atoms with Crippen LogP contribution in [-0.2, 0) is 0 Å². The van der Waals surface area contributed by atoms with Crippen LogP contribution in [0.1, 0.15) is 0 Å². The van der Waals surface area contributed by atoms with E-state index < -0.39 is 0 Å². The van der Waals surface area contributed by atoms with Crippen LogP contribution in [0.4, 0.5) is 5.82 Å². The van der Waals surface area contributed by atoms with E-state index in [-0.39, 0.29) is 0 Å². The van der Waals surface area contributed by atoms with Crippen molar-refractivity contribution in [2.75, 3.05) is 38.1 Å². The van der Waals surface area contributed by atoms with Crippen LogP contribution in [0.15, 0.2) is 24.4 Å². The van der Waals surface area contributed by atoms with Gasteiger partial charge in [-0.05, 0) is 13.1 Å². The molecule has 4 heteroatoms. The Morgan fingerprint density at radius 3 is 2.57 bits per heavy atom. The summed E-state index contributed by atoms with van der Waals surface area (Å²) in [6.45, 7) is 4.05. The van der Waals surface area contributed by atoms with E-state index in [0.717, 1.165) is 32.0 Å². The lowest BCUT2D eigenvalue weighted by atomic mass is 10.3. The van der Waals surface area contributed by atoms with Gasteiger partial charge < -0.3 is 5.21 Å². The van der Waals surface area contributed by atoms with E-state index in [9.17, 15) is 5.21 Å². The quantitative estimate of drug-likeness (QED) is 0.503. The van der Waals surface area contributed by atoms with Gasteiger partial charge in [0.25, 0.3) is 0 Å². The maximum absolute atomic E-state index is 9.59. The summed E-state index contributed by atoms with van der Waals surface area (Å²) in [5, 5.41) is 9.59. The summed E-state index contributed by atoms with van der Waals surface area (Å²) in [7, 11) is 2.12. The van der Waals surface area contributed by atoms with Gasteiger partial charge in [-0.3, -0.25) is 9.80 Å². The highest BCUT2D eigenvalue weighted by Crippen LogP contribution is 2.09. The highest BCUT2D eigenvalue weighted by Gasteiger charge is 2.23. The molecular weight excluding hydrogens is 178 g/mol. The summed E-state index contributed by atoms with van der Waals surface area (Å²) >= 11 is 0. The second-order valence-corrected chi connectivity index (χ2v) is 3.69. The molecule has 0 aromatic carbocycles. The van der Waals surface area contributed by atoms with E-state index >= 15 is 0 Å². The van der Waals surface area contributed by atoms with Crippen LogP contribution in [0.25, 0.3) is 0 Å². The first-order chi connectivity index (χ1) is 6.77. The normalized spacial score (nSPS) is 18.5. The fourth-order valence-electron chi connectivity index (χ4n) is 1.71. The first-order valence-electron chi connectivity index (χ1n) is 4.91. The smallest absolute Gasteiger partial charge is 0.316 e. The van der Waals surface area contributed by atoms with Crippen LogP contribution in [0.3, 0.4) is 0 Å². The third-order valence-electron chi connectivity index (χ3n) is 2.65. The number of nitrogens with zero attached hydrogens (tertiary/aromatic N) is 3. The molecule has 14 heavy (non-hydrogen) atoms. The van der Waals surface area contributed by atoms with Crippen LogP contribution in [0, 0.1) is 0 Å². The molecule has 0 amide bonds. The predicted molar refractivity (Wildman–Crippen MR) is 53.5 cm³/mol. The highest BCUT2D eigenvalue weighted by atomic mass is 16.5. The Labute approximate surface area is 83.9 Å². The van der Waals surface area contributed by atoms with Crippen molar-refractivity contribution >= 4 is 5.82 Å². The van der Waals surface area contributed by atoms with Gasteiger partial charge in [-0.2, -0.15) is 0 Å². The molecule has 0 spiro atoms. The van der Waals surface area contributed by atoms with Crippen molar-refractivity contribution in [1.82, 2.24) is 4.90 Å². The molecule has 1 aromatic heterocycles. The Morgan fingerprint density at radius 2 is 1.93 bits per heavy atom. The fraction of sp³-hybridized carbons (Fsp3) is 0.500. The molecule has 0 unspecified atom stereocenters. The molecule has 1 saturated heterocycles. The third kappa shape index (κ3) is 1.80. The number of hydrogen-bond acceptors (Lipinski definition) is 3. The number of anilines is 1. The summed E-state index contributed by atoms with van der Waals surface area (Å²) in [5.74, 6) is 0.876. The molecule has 1 aliphatic heterocycles. The zero-order valence-corrected chi connectivity index (χ0v) is 8.43. The number of likely N-dealkylation sites (N-methyl/N-ethyl adjacent to an activating group) is 1. The standard InChI is InChI=1S/C10H16N3O/c1-11-6-8-12(9-7-11)10-4-2-3-5-13(10)14/h2-5,14H,6-9H2,1H3/q+1. The van der Waals surface area contributed by atoms with Crippen molar-refractivity contribution < 1.29 is 9.94 Å². The average molecular weight is 194 g/mol. The molecule has 4 nitrogen and oxygen atoms in total. The molecule has 0 radical (unpaired) electrons. The van der Waals surface area contributed by atoms with Crippen LogP contribution in [-0.4, -0.2) is 43.3 Å². The minimum absolute atomic E-state index is 0.876. The SMILES string of the molecule is CN1CCN(c2cccc[n+]2O)CC1. The van der Waals surface area contributed by atoms with Crippen molar-refractivity contribution in [3.63, 3.8) is 0 Å². The maximum atomic E-state index is 9.59. The minimum Gasteiger partial charge on any atom is -0.350 e. The molecular formula is C10H16N3O+. The molecule has 1 aliphatic rings. The van der Waals surface area contributed by atoms with Crippen molar-refractivity contribution in [1.29, 1.82) is 0 Å². The van der Waals surface area contributed by atoms with Crippen molar-refractivity contribution in [3.8, 4) is 0 Å². The monoisotopic (exact) mass is 194 g/mol. The largest absolute Gasteiger partial charge is 0.350 e. The topological polar surface area (TPSA) is 30.6 Å². The molecule has 0 aliphatic carbocycles. The molecule has 1 aromatic rings. The van der Waals surface area contributed by atoms with Gasteiger partial charge in [0.1, 0.15) is 6.20 Å². The number of pyridine rings is 1. The number of aromatic nitrogens is 1. The highest BCUT2D eigenvalue weighted by molar-refractivity contribution is 5.32. The second kappa shape index (κ2) is 3.84. The molecule has 0 saturated carbocycles. The van der Waals surface area contributed by atoms with E-state index in [1.54, 1.807) is 6.20 Å². The van der Waals surface area contributed by atoms with E-state index in [2.05, 4.69) is 16.8 Å².